The fourth-order valence-electron chi connectivity index (χ4n) is 1.81. The number of furan rings is 1. The molecule has 0 unspecified atom stereocenters. The summed E-state index contributed by atoms with van der Waals surface area (Å²) < 4.78 is 19.2. The van der Waals surface area contributed by atoms with Gasteiger partial charge in [0, 0.05) is 6.54 Å². The molecule has 2 nitrogen and oxygen atoms in total. The van der Waals surface area contributed by atoms with Crippen molar-refractivity contribution in [1.29, 1.82) is 0 Å². The maximum atomic E-state index is 13.6. The monoisotopic (exact) mass is 245 g/mol. The van der Waals surface area contributed by atoms with E-state index in [-0.39, 0.29) is 5.82 Å². The van der Waals surface area contributed by atoms with Gasteiger partial charge in [0.25, 0.3) is 0 Å². The van der Waals surface area contributed by atoms with Gasteiger partial charge in [-0.3, -0.25) is 0 Å². The maximum Gasteiger partial charge on any atom is 0.137 e. The molecule has 94 valence electrons. The van der Waals surface area contributed by atoms with E-state index in [1.54, 1.807) is 24.3 Å². The molecule has 2 rings (SSSR count). The summed E-state index contributed by atoms with van der Waals surface area (Å²) in [7, 11) is 1.89. The molecule has 0 aliphatic carbocycles. The third-order valence-corrected chi connectivity index (χ3v) is 2.61. The summed E-state index contributed by atoms with van der Waals surface area (Å²) in [6.45, 7) is 2.82. The second-order valence-electron chi connectivity index (χ2n) is 4.20. The van der Waals surface area contributed by atoms with Crippen molar-refractivity contribution in [2.45, 2.75) is 6.92 Å². The first-order chi connectivity index (χ1) is 8.70. The minimum atomic E-state index is -0.269. The molecule has 1 N–H and O–H groups in total. The SMILES string of the molecule is CNCC(C)=Cc1ccc(-c2ccccc2F)o1. The molecule has 2 aromatic rings. The lowest BCUT2D eigenvalue weighted by Gasteiger charge is -1.99. The predicted octanol–water partition coefficient (Wildman–Crippen LogP) is 3.71. The van der Waals surface area contributed by atoms with Crippen LogP contribution >= 0.6 is 0 Å². The zero-order valence-electron chi connectivity index (χ0n) is 10.5. The highest BCUT2D eigenvalue weighted by atomic mass is 19.1. The third-order valence-electron chi connectivity index (χ3n) is 2.61. The van der Waals surface area contributed by atoms with E-state index in [1.165, 1.54) is 6.07 Å². The average molecular weight is 245 g/mol. The summed E-state index contributed by atoms with van der Waals surface area (Å²) >= 11 is 0. The van der Waals surface area contributed by atoms with E-state index in [0.717, 1.165) is 17.9 Å². The van der Waals surface area contributed by atoms with Gasteiger partial charge >= 0.3 is 0 Å². The van der Waals surface area contributed by atoms with E-state index in [9.17, 15) is 4.39 Å². The molecule has 3 heteroatoms. The second-order valence-corrected chi connectivity index (χ2v) is 4.20. The molecule has 0 saturated carbocycles. The Morgan fingerprint density at radius 3 is 2.78 bits per heavy atom. The maximum absolute atomic E-state index is 13.6. The molecule has 0 fully saturated rings. The van der Waals surface area contributed by atoms with Crippen LogP contribution < -0.4 is 5.32 Å². The van der Waals surface area contributed by atoms with Crippen molar-refractivity contribution in [2.24, 2.45) is 0 Å². The number of rotatable bonds is 4. The standard InChI is InChI=1S/C15H16FNO/c1-11(10-17-2)9-12-7-8-15(18-12)13-5-3-4-6-14(13)16/h3-9,17H,10H2,1-2H3. The van der Waals surface area contributed by atoms with Gasteiger partial charge in [-0.05, 0) is 44.3 Å². The molecule has 1 aromatic carbocycles. The molecule has 1 heterocycles. The Bertz CT molecular complexity index is 557. The second kappa shape index (κ2) is 5.65. The van der Waals surface area contributed by atoms with Crippen molar-refractivity contribution in [1.82, 2.24) is 5.32 Å². The van der Waals surface area contributed by atoms with E-state index in [2.05, 4.69) is 5.32 Å². The lowest BCUT2D eigenvalue weighted by atomic mass is 10.1. The first-order valence-electron chi connectivity index (χ1n) is 5.87. The van der Waals surface area contributed by atoms with Gasteiger partial charge in [0.15, 0.2) is 0 Å². The molecule has 0 atom stereocenters. The Kier molecular flexibility index (Phi) is 3.95. The van der Waals surface area contributed by atoms with E-state index in [0.29, 0.717) is 11.3 Å². The highest BCUT2D eigenvalue weighted by Crippen LogP contribution is 2.25. The zero-order valence-corrected chi connectivity index (χ0v) is 10.5. The number of hydrogen-bond donors (Lipinski definition) is 1. The molecular weight excluding hydrogens is 229 g/mol. The van der Waals surface area contributed by atoms with Crippen LogP contribution in [0.25, 0.3) is 17.4 Å². The van der Waals surface area contributed by atoms with Crippen molar-refractivity contribution in [2.75, 3.05) is 13.6 Å². The van der Waals surface area contributed by atoms with Crippen LogP contribution in [0.3, 0.4) is 0 Å². The number of halogens is 1. The van der Waals surface area contributed by atoms with Crippen LogP contribution in [0.5, 0.6) is 0 Å². The Morgan fingerprint density at radius 2 is 2.06 bits per heavy atom. The van der Waals surface area contributed by atoms with Gasteiger partial charge in [-0.1, -0.05) is 17.7 Å². The van der Waals surface area contributed by atoms with Gasteiger partial charge in [0.2, 0.25) is 0 Å². The first kappa shape index (κ1) is 12.6. The van der Waals surface area contributed by atoms with Crippen molar-refractivity contribution in [3.05, 3.63) is 53.5 Å². The van der Waals surface area contributed by atoms with Crippen LogP contribution in [0.2, 0.25) is 0 Å². The summed E-state index contributed by atoms with van der Waals surface area (Å²) in [6.07, 6.45) is 1.95. The number of benzene rings is 1. The largest absolute Gasteiger partial charge is 0.457 e. The van der Waals surface area contributed by atoms with Gasteiger partial charge in [0.1, 0.15) is 17.3 Å². The molecule has 0 spiro atoms. The van der Waals surface area contributed by atoms with Crippen LogP contribution in [0.15, 0.2) is 46.4 Å². The third kappa shape index (κ3) is 2.87. The quantitative estimate of drug-likeness (QED) is 0.888. The highest BCUT2D eigenvalue weighted by molar-refractivity contribution is 5.60. The van der Waals surface area contributed by atoms with Crippen LogP contribution in [0, 0.1) is 5.82 Å². The highest BCUT2D eigenvalue weighted by Gasteiger charge is 2.07. The fourth-order valence-corrected chi connectivity index (χ4v) is 1.81. The predicted molar refractivity (Wildman–Crippen MR) is 71.7 cm³/mol. The summed E-state index contributed by atoms with van der Waals surface area (Å²) in [5, 5.41) is 3.07. The topological polar surface area (TPSA) is 25.2 Å². The van der Waals surface area contributed by atoms with E-state index in [4.69, 9.17) is 4.42 Å². The van der Waals surface area contributed by atoms with E-state index < -0.39 is 0 Å². The summed E-state index contributed by atoms with van der Waals surface area (Å²) in [6, 6.07) is 10.2. The van der Waals surface area contributed by atoms with Crippen molar-refractivity contribution in [3.8, 4) is 11.3 Å². The molecule has 0 aliphatic rings. The Balaban J connectivity index is 2.26. The van der Waals surface area contributed by atoms with E-state index in [1.807, 2.05) is 26.1 Å². The average Bonchev–Trinajstić information content (AvgIpc) is 2.78. The molecule has 18 heavy (non-hydrogen) atoms. The van der Waals surface area contributed by atoms with Crippen LogP contribution in [0.1, 0.15) is 12.7 Å². The van der Waals surface area contributed by atoms with Gasteiger partial charge in [-0.25, -0.2) is 4.39 Å². The molecule has 0 amide bonds. The van der Waals surface area contributed by atoms with Gasteiger partial charge in [-0.2, -0.15) is 0 Å². The minimum absolute atomic E-state index is 0.269. The molecule has 0 bridgehead atoms. The number of hydrogen-bond acceptors (Lipinski definition) is 2. The minimum Gasteiger partial charge on any atom is -0.457 e. The molecule has 1 aromatic heterocycles. The first-order valence-corrected chi connectivity index (χ1v) is 5.87. The van der Waals surface area contributed by atoms with Crippen LogP contribution in [-0.2, 0) is 0 Å². The lowest BCUT2D eigenvalue weighted by Crippen LogP contribution is -2.08. The Hall–Kier alpha value is -1.87. The van der Waals surface area contributed by atoms with Gasteiger partial charge in [0.05, 0.1) is 5.56 Å². The van der Waals surface area contributed by atoms with Gasteiger partial charge < -0.3 is 9.73 Å². The van der Waals surface area contributed by atoms with Crippen molar-refractivity contribution in [3.63, 3.8) is 0 Å². The summed E-state index contributed by atoms with van der Waals surface area (Å²) in [5.41, 5.74) is 1.65. The molecule has 0 radical (unpaired) electrons. The van der Waals surface area contributed by atoms with E-state index >= 15 is 0 Å². The zero-order chi connectivity index (χ0) is 13.0. The molecule has 0 saturated heterocycles. The number of nitrogens with one attached hydrogen (secondary N) is 1. The Labute approximate surface area is 106 Å². The Morgan fingerprint density at radius 1 is 1.28 bits per heavy atom. The fraction of sp³-hybridized carbons (Fsp3) is 0.200. The van der Waals surface area contributed by atoms with Crippen molar-refractivity contribution >= 4 is 6.08 Å². The summed E-state index contributed by atoms with van der Waals surface area (Å²) in [5.74, 6) is 1.02. The summed E-state index contributed by atoms with van der Waals surface area (Å²) in [4.78, 5) is 0. The van der Waals surface area contributed by atoms with Crippen LogP contribution in [0.4, 0.5) is 4.39 Å². The molecule has 0 aliphatic heterocycles. The van der Waals surface area contributed by atoms with Crippen LogP contribution in [-0.4, -0.2) is 13.6 Å². The normalized spacial score (nSPS) is 11.8. The smallest absolute Gasteiger partial charge is 0.137 e. The number of likely N-dealkylation sites (N-methyl/N-ethyl adjacent to an activating group) is 1. The lowest BCUT2D eigenvalue weighted by molar-refractivity contribution is 0.560. The molecular formula is C15H16FNO. The van der Waals surface area contributed by atoms with Crippen molar-refractivity contribution < 1.29 is 8.81 Å². The van der Waals surface area contributed by atoms with Gasteiger partial charge in [-0.15, -0.1) is 0 Å².